The first-order valence-electron chi connectivity index (χ1n) is 8.84. The maximum absolute atomic E-state index is 12.7. The number of methoxy groups -OCH3 is 1. The normalized spacial score (nSPS) is 12.3. The van der Waals surface area contributed by atoms with Gasteiger partial charge in [0.15, 0.2) is 5.13 Å². The highest BCUT2D eigenvalue weighted by Gasteiger charge is 2.30. The standard InChI is InChI=1S/C20H19F3N4O2S/c1-29-17-5-3-2-4-15(17)25-18(28)27-19-26-16(11-30-19)14(24)10-12-6-8-13(9-7-12)20(21,22)23/h2-9,11,14H,10,24H2,1H3,(H2,25,26,27,28). The number of aromatic nitrogens is 1. The summed E-state index contributed by atoms with van der Waals surface area (Å²) in [5.41, 5.74) is 7.13. The number of urea groups is 1. The fraction of sp³-hybridized carbons (Fsp3) is 0.200. The van der Waals surface area contributed by atoms with Gasteiger partial charge in [-0.1, -0.05) is 24.3 Å². The zero-order valence-corrected chi connectivity index (χ0v) is 16.7. The van der Waals surface area contributed by atoms with Gasteiger partial charge in [-0.15, -0.1) is 11.3 Å². The second-order valence-electron chi connectivity index (χ2n) is 6.36. The van der Waals surface area contributed by atoms with Crippen LogP contribution in [0.1, 0.15) is 22.9 Å². The molecular weight excluding hydrogens is 417 g/mol. The molecule has 1 heterocycles. The number of rotatable bonds is 6. The monoisotopic (exact) mass is 436 g/mol. The molecule has 2 amide bonds. The topological polar surface area (TPSA) is 89.3 Å². The second-order valence-corrected chi connectivity index (χ2v) is 7.22. The predicted molar refractivity (Wildman–Crippen MR) is 110 cm³/mol. The summed E-state index contributed by atoms with van der Waals surface area (Å²) in [7, 11) is 1.50. The van der Waals surface area contributed by atoms with Crippen LogP contribution in [0.3, 0.4) is 0 Å². The largest absolute Gasteiger partial charge is 0.495 e. The number of alkyl halides is 3. The second kappa shape index (κ2) is 9.14. The van der Waals surface area contributed by atoms with Gasteiger partial charge in [0.2, 0.25) is 0 Å². The number of carbonyl (C=O) groups excluding carboxylic acids is 1. The van der Waals surface area contributed by atoms with Gasteiger partial charge >= 0.3 is 12.2 Å². The molecule has 0 aliphatic rings. The summed E-state index contributed by atoms with van der Waals surface area (Å²) in [5.74, 6) is 0.519. The Morgan fingerprint density at radius 1 is 1.17 bits per heavy atom. The molecular formula is C20H19F3N4O2S. The Morgan fingerprint density at radius 2 is 1.87 bits per heavy atom. The first-order chi connectivity index (χ1) is 14.3. The van der Waals surface area contributed by atoms with E-state index in [2.05, 4.69) is 15.6 Å². The van der Waals surface area contributed by atoms with Gasteiger partial charge < -0.3 is 15.8 Å². The van der Waals surface area contributed by atoms with Crippen LogP contribution in [0.15, 0.2) is 53.9 Å². The number of hydrogen-bond donors (Lipinski definition) is 3. The molecule has 0 fully saturated rings. The number of benzene rings is 2. The molecule has 0 spiro atoms. The fourth-order valence-electron chi connectivity index (χ4n) is 2.70. The van der Waals surface area contributed by atoms with Crippen LogP contribution in [0.2, 0.25) is 0 Å². The molecule has 0 bridgehead atoms. The van der Waals surface area contributed by atoms with Crippen molar-refractivity contribution in [3.05, 3.63) is 70.7 Å². The van der Waals surface area contributed by atoms with Gasteiger partial charge in [0, 0.05) is 5.38 Å². The number of nitrogens with zero attached hydrogens (tertiary/aromatic N) is 1. The Kier molecular flexibility index (Phi) is 6.58. The smallest absolute Gasteiger partial charge is 0.416 e. The van der Waals surface area contributed by atoms with E-state index in [1.807, 2.05) is 0 Å². The highest BCUT2D eigenvalue weighted by atomic mass is 32.1. The number of carbonyl (C=O) groups is 1. The van der Waals surface area contributed by atoms with Gasteiger partial charge in [-0.25, -0.2) is 9.78 Å². The van der Waals surface area contributed by atoms with Gasteiger partial charge in [-0.2, -0.15) is 13.2 Å². The van der Waals surface area contributed by atoms with E-state index in [4.69, 9.17) is 10.5 Å². The average Bonchev–Trinajstić information content (AvgIpc) is 3.16. The molecule has 4 N–H and O–H groups in total. The third-order valence-corrected chi connectivity index (χ3v) is 4.99. The molecule has 158 valence electrons. The van der Waals surface area contributed by atoms with Crippen LogP contribution in [-0.4, -0.2) is 18.1 Å². The lowest BCUT2D eigenvalue weighted by Crippen LogP contribution is -2.20. The van der Waals surface area contributed by atoms with E-state index in [-0.39, 0.29) is 0 Å². The van der Waals surface area contributed by atoms with Gasteiger partial charge in [0.05, 0.1) is 30.1 Å². The Labute approximate surface area is 174 Å². The van der Waals surface area contributed by atoms with Gasteiger partial charge in [-0.05, 0) is 36.2 Å². The first kappa shape index (κ1) is 21.6. The van der Waals surface area contributed by atoms with E-state index in [0.29, 0.717) is 34.2 Å². The molecule has 0 aliphatic carbocycles. The van der Waals surface area contributed by atoms with Crippen LogP contribution in [0.5, 0.6) is 5.75 Å². The van der Waals surface area contributed by atoms with Gasteiger partial charge in [0.1, 0.15) is 5.75 Å². The highest BCUT2D eigenvalue weighted by molar-refractivity contribution is 7.13. The van der Waals surface area contributed by atoms with Crippen LogP contribution in [0.4, 0.5) is 28.8 Å². The van der Waals surface area contributed by atoms with Crippen molar-refractivity contribution in [2.75, 3.05) is 17.7 Å². The van der Waals surface area contributed by atoms with E-state index in [9.17, 15) is 18.0 Å². The number of nitrogens with one attached hydrogen (secondary N) is 2. The Balaban J connectivity index is 1.59. The molecule has 0 saturated heterocycles. The fourth-order valence-corrected chi connectivity index (χ4v) is 3.47. The molecule has 6 nitrogen and oxygen atoms in total. The van der Waals surface area contributed by atoms with Crippen molar-refractivity contribution >= 4 is 28.2 Å². The number of ether oxygens (including phenoxy) is 1. The lowest BCUT2D eigenvalue weighted by Gasteiger charge is -2.11. The number of thiazole rings is 1. The van der Waals surface area contributed by atoms with Crippen LogP contribution < -0.4 is 21.1 Å². The van der Waals surface area contributed by atoms with E-state index < -0.39 is 23.8 Å². The van der Waals surface area contributed by atoms with Crippen molar-refractivity contribution in [3.63, 3.8) is 0 Å². The zero-order chi connectivity index (χ0) is 21.7. The number of anilines is 2. The molecule has 0 aliphatic heterocycles. The van der Waals surface area contributed by atoms with E-state index in [1.54, 1.807) is 29.6 Å². The van der Waals surface area contributed by atoms with Crippen molar-refractivity contribution in [3.8, 4) is 5.75 Å². The lowest BCUT2D eigenvalue weighted by atomic mass is 10.0. The highest BCUT2D eigenvalue weighted by Crippen LogP contribution is 2.30. The summed E-state index contributed by atoms with van der Waals surface area (Å²) in [6, 6.07) is 10.8. The molecule has 0 radical (unpaired) electrons. The van der Waals surface area contributed by atoms with E-state index in [1.165, 1.54) is 30.6 Å². The minimum Gasteiger partial charge on any atom is -0.495 e. The average molecular weight is 436 g/mol. The molecule has 0 saturated carbocycles. The summed E-state index contributed by atoms with van der Waals surface area (Å²) in [4.78, 5) is 16.5. The summed E-state index contributed by atoms with van der Waals surface area (Å²) >= 11 is 1.20. The maximum Gasteiger partial charge on any atom is 0.416 e. The van der Waals surface area contributed by atoms with E-state index >= 15 is 0 Å². The summed E-state index contributed by atoms with van der Waals surface area (Å²) < 4.78 is 43.1. The minimum absolute atomic E-state index is 0.314. The quantitative estimate of drug-likeness (QED) is 0.504. The molecule has 3 aromatic rings. The van der Waals surface area contributed by atoms with Gasteiger partial charge in [-0.3, -0.25) is 5.32 Å². The van der Waals surface area contributed by atoms with Crippen LogP contribution in [-0.2, 0) is 12.6 Å². The van der Waals surface area contributed by atoms with Crippen molar-refractivity contribution < 1.29 is 22.7 Å². The zero-order valence-electron chi connectivity index (χ0n) is 15.9. The van der Waals surface area contributed by atoms with Gasteiger partial charge in [0.25, 0.3) is 0 Å². The molecule has 1 atom stereocenters. The van der Waals surface area contributed by atoms with Crippen molar-refractivity contribution in [1.29, 1.82) is 0 Å². The maximum atomic E-state index is 12.7. The SMILES string of the molecule is COc1ccccc1NC(=O)Nc1nc(C(N)Cc2ccc(C(F)(F)F)cc2)cs1. The molecule has 2 aromatic carbocycles. The third kappa shape index (κ3) is 5.49. The number of hydrogen-bond acceptors (Lipinski definition) is 5. The molecule has 1 unspecified atom stereocenters. The summed E-state index contributed by atoms with van der Waals surface area (Å²) in [6.07, 6.45) is -4.06. The number of halogens is 3. The number of amides is 2. The Bertz CT molecular complexity index is 1010. The minimum atomic E-state index is -4.37. The van der Waals surface area contributed by atoms with Crippen LogP contribution >= 0.6 is 11.3 Å². The Hall–Kier alpha value is -3.11. The first-order valence-corrected chi connectivity index (χ1v) is 9.72. The lowest BCUT2D eigenvalue weighted by molar-refractivity contribution is -0.137. The Morgan fingerprint density at radius 3 is 2.53 bits per heavy atom. The number of nitrogens with two attached hydrogens (primary N) is 1. The van der Waals surface area contributed by atoms with Crippen LogP contribution in [0.25, 0.3) is 0 Å². The van der Waals surface area contributed by atoms with Crippen molar-refractivity contribution in [1.82, 2.24) is 4.98 Å². The van der Waals surface area contributed by atoms with Crippen molar-refractivity contribution in [2.45, 2.75) is 18.6 Å². The summed E-state index contributed by atoms with van der Waals surface area (Å²) in [6.45, 7) is 0. The third-order valence-electron chi connectivity index (χ3n) is 4.21. The number of para-hydroxylation sites is 2. The summed E-state index contributed by atoms with van der Waals surface area (Å²) in [5, 5.41) is 7.35. The predicted octanol–water partition coefficient (Wildman–Crippen LogP) is 5.06. The molecule has 10 heteroatoms. The van der Waals surface area contributed by atoms with Crippen LogP contribution in [0, 0.1) is 0 Å². The van der Waals surface area contributed by atoms with Crippen molar-refractivity contribution in [2.24, 2.45) is 5.73 Å². The van der Waals surface area contributed by atoms with E-state index in [0.717, 1.165) is 12.1 Å². The molecule has 30 heavy (non-hydrogen) atoms. The molecule has 3 rings (SSSR count). The molecule has 1 aromatic heterocycles.